The Balaban J connectivity index is 2.16. The zero-order chi connectivity index (χ0) is 20.3. The van der Waals surface area contributed by atoms with Crippen molar-refractivity contribution < 1.29 is 19.0 Å². The van der Waals surface area contributed by atoms with E-state index >= 15 is 0 Å². The summed E-state index contributed by atoms with van der Waals surface area (Å²) in [7, 11) is 3.12. The summed E-state index contributed by atoms with van der Waals surface area (Å²) in [5.74, 6) is 1.54. The normalized spacial score (nSPS) is 10.9. The first-order valence-electron chi connectivity index (χ1n) is 9.03. The molecule has 0 saturated heterocycles. The molecule has 3 rings (SSSR count). The van der Waals surface area contributed by atoms with Crippen LogP contribution in [0.2, 0.25) is 0 Å². The second-order valence-electron chi connectivity index (χ2n) is 6.61. The van der Waals surface area contributed by atoms with Gasteiger partial charge in [-0.1, -0.05) is 12.1 Å². The average Bonchev–Trinajstić information content (AvgIpc) is 2.71. The van der Waals surface area contributed by atoms with Crippen molar-refractivity contribution in [1.29, 1.82) is 0 Å². The van der Waals surface area contributed by atoms with E-state index in [1.165, 1.54) is 0 Å². The summed E-state index contributed by atoms with van der Waals surface area (Å²) in [6.45, 7) is 4.18. The number of fused-ring (bicyclic) bond motifs is 1. The van der Waals surface area contributed by atoms with Crippen LogP contribution in [0.15, 0.2) is 42.6 Å². The highest BCUT2D eigenvalue weighted by Crippen LogP contribution is 2.35. The van der Waals surface area contributed by atoms with Crippen LogP contribution < -0.4 is 19.9 Å². The number of nitrogens with zero attached hydrogens (tertiary/aromatic N) is 1. The third-order valence-corrected chi connectivity index (χ3v) is 4.38. The number of methoxy groups -OCH3 is 2. The van der Waals surface area contributed by atoms with Crippen LogP contribution in [-0.2, 0) is 6.54 Å². The zero-order valence-corrected chi connectivity index (χ0v) is 16.5. The highest BCUT2D eigenvalue weighted by atomic mass is 16.5. The van der Waals surface area contributed by atoms with E-state index < -0.39 is 0 Å². The number of pyridine rings is 1. The van der Waals surface area contributed by atoms with Crippen molar-refractivity contribution in [3.05, 3.63) is 59.4 Å². The number of carbonyl (C=O) groups is 1. The van der Waals surface area contributed by atoms with E-state index in [4.69, 9.17) is 19.9 Å². The van der Waals surface area contributed by atoms with Gasteiger partial charge in [0.15, 0.2) is 11.5 Å². The minimum Gasteiger partial charge on any atom is -0.493 e. The Morgan fingerprint density at radius 2 is 1.75 bits per heavy atom. The van der Waals surface area contributed by atoms with Crippen LogP contribution in [0.5, 0.6) is 17.2 Å². The molecule has 146 valence electrons. The van der Waals surface area contributed by atoms with E-state index in [-0.39, 0.29) is 11.9 Å². The van der Waals surface area contributed by atoms with Crippen molar-refractivity contribution in [2.24, 2.45) is 5.73 Å². The van der Waals surface area contributed by atoms with E-state index in [2.05, 4.69) is 4.98 Å². The molecule has 0 spiro atoms. The fourth-order valence-electron chi connectivity index (χ4n) is 3.09. The fraction of sp³-hybridized carbons (Fsp3) is 0.273. The van der Waals surface area contributed by atoms with Crippen molar-refractivity contribution in [2.45, 2.75) is 26.5 Å². The Kier molecular flexibility index (Phi) is 5.80. The Bertz CT molecular complexity index is 1010. The summed E-state index contributed by atoms with van der Waals surface area (Å²) >= 11 is 0. The molecule has 0 saturated carbocycles. The zero-order valence-electron chi connectivity index (χ0n) is 16.5. The summed E-state index contributed by atoms with van der Waals surface area (Å²) in [6, 6.07) is 10.7. The SMILES string of the molecule is COc1cc2c(CN)cnc(C(=O)c3cccc(OC(C)C)c3)c2cc1OC. The van der Waals surface area contributed by atoms with Gasteiger partial charge in [-0.25, -0.2) is 0 Å². The van der Waals surface area contributed by atoms with E-state index in [0.29, 0.717) is 40.4 Å². The van der Waals surface area contributed by atoms with Gasteiger partial charge in [0.25, 0.3) is 0 Å². The lowest BCUT2D eigenvalue weighted by Gasteiger charge is -2.14. The molecule has 6 heteroatoms. The molecule has 6 nitrogen and oxygen atoms in total. The summed E-state index contributed by atoms with van der Waals surface area (Å²) in [5, 5.41) is 1.48. The molecule has 0 atom stereocenters. The first-order valence-corrected chi connectivity index (χ1v) is 9.03. The molecule has 1 aromatic heterocycles. The third kappa shape index (κ3) is 3.77. The van der Waals surface area contributed by atoms with Gasteiger partial charge in [0.05, 0.1) is 20.3 Å². The molecule has 28 heavy (non-hydrogen) atoms. The lowest BCUT2D eigenvalue weighted by Crippen LogP contribution is -2.09. The minimum atomic E-state index is -0.199. The molecule has 0 aliphatic heterocycles. The molecule has 3 aromatic rings. The number of aromatic nitrogens is 1. The number of ether oxygens (including phenoxy) is 3. The molecule has 0 bridgehead atoms. The highest BCUT2D eigenvalue weighted by Gasteiger charge is 2.19. The topological polar surface area (TPSA) is 83.7 Å². The van der Waals surface area contributed by atoms with Crippen molar-refractivity contribution in [3.63, 3.8) is 0 Å². The quantitative estimate of drug-likeness (QED) is 0.629. The number of ketones is 1. The molecule has 1 heterocycles. The smallest absolute Gasteiger partial charge is 0.212 e. The maximum Gasteiger partial charge on any atom is 0.212 e. The van der Waals surface area contributed by atoms with Gasteiger partial charge in [0.2, 0.25) is 5.78 Å². The molecule has 0 radical (unpaired) electrons. The summed E-state index contributed by atoms with van der Waals surface area (Å²) in [4.78, 5) is 17.6. The number of carbonyl (C=O) groups excluding carboxylic acids is 1. The van der Waals surface area contributed by atoms with E-state index in [0.717, 1.165) is 10.9 Å². The van der Waals surface area contributed by atoms with Gasteiger partial charge in [0.1, 0.15) is 11.4 Å². The summed E-state index contributed by atoms with van der Waals surface area (Å²) in [5.41, 5.74) is 7.52. The van der Waals surface area contributed by atoms with Crippen LogP contribution in [0.4, 0.5) is 0 Å². The molecule has 0 unspecified atom stereocenters. The van der Waals surface area contributed by atoms with E-state index in [1.807, 2.05) is 26.0 Å². The van der Waals surface area contributed by atoms with E-state index in [1.54, 1.807) is 44.7 Å². The molecular weight excluding hydrogens is 356 g/mol. The number of hydrogen-bond acceptors (Lipinski definition) is 6. The van der Waals surface area contributed by atoms with Crippen molar-refractivity contribution in [1.82, 2.24) is 4.98 Å². The maximum atomic E-state index is 13.2. The predicted molar refractivity (Wildman–Crippen MR) is 108 cm³/mol. The third-order valence-electron chi connectivity index (χ3n) is 4.38. The Labute approximate surface area is 164 Å². The van der Waals surface area contributed by atoms with Crippen LogP contribution in [-0.4, -0.2) is 31.1 Å². The first kappa shape index (κ1) is 19.6. The van der Waals surface area contributed by atoms with Crippen molar-refractivity contribution in [2.75, 3.05) is 14.2 Å². The Hall–Kier alpha value is -3.12. The van der Waals surface area contributed by atoms with Crippen LogP contribution in [0.1, 0.15) is 35.5 Å². The van der Waals surface area contributed by atoms with E-state index in [9.17, 15) is 4.79 Å². The molecule has 0 fully saturated rings. The number of hydrogen-bond donors (Lipinski definition) is 1. The molecular formula is C22H24N2O4. The van der Waals surface area contributed by atoms with Gasteiger partial charge >= 0.3 is 0 Å². The Morgan fingerprint density at radius 1 is 1.07 bits per heavy atom. The number of benzene rings is 2. The molecule has 0 amide bonds. The van der Waals surface area contributed by atoms with Crippen LogP contribution in [0.25, 0.3) is 10.8 Å². The first-order chi connectivity index (χ1) is 13.5. The summed E-state index contributed by atoms with van der Waals surface area (Å²) in [6.07, 6.45) is 1.65. The molecule has 0 aliphatic carbocycles. The second-order valence-corrected chi connectivity index (χ2v) is 6.61. The van der Waals surface area contributed by atoms with Gasteiger partial charge in [0, 0.05) is 23.7 Å². The number of nitrogens with two attached hydrogens (primary N) is 1. The predicted octanol–water partition coefficient (Wildman–Crippen LogP) is 3.73. The Morgan fingerprint density at radius 3 is 2.36 bits per heavy atom. The van der Waals surface area contributed by atoms with Crippen LogP contribution in [0, 0.1) is 0 Å². The fourth-order valence-corrected chi connectivity index (χ4v) is 3.09. The standard InChI is InChI=1S/C22H24N2O4/c1-13(2)28-16-7-5-6-14(8-16)22(25)21-18-10-20(27-4)19(26-3)9-17(18)15(11-23)12-24-21/h5-10,12-13H,11,23H2,1-4H3. The van der Waals surface area contributed by atoms with Crippen LogP contribution in [0.3, 0.4) is 0 Å². The van der Waals surface area contributed by atoms with Crippen molar-refractivity contribution in [3.8, 4) is 17.2 Å². The van der Waals surface area contributed by atoms with Crippen LogP contribution >= 0.6 is 0 Å². The minimum absolute atomic E-state index is 0.0184. The van der Waals surface area contributed by atoms with Gasteiger partial charge in [-0.15, -0.1) is 0 Å². The molecule has 0 aliphatic rings. The molecule has 2 N–H and O–H groups in total. The average molecular weight is 380 g/mol. The van der Waals surface area contributed by atoms with Gasteiger partial charge in [-0.05, 0) is 49.1 Å². The van der Waals surface area contributed by atoms with Gasteiger partial charge < -0.3 is 19.9 Å². The lowest BCUT2D eigenvalue weighted by atomic mass is 9.99. The lowest BCUT2D eigenvalue weighted by molar-refractivity contribution is 0.103. The second kappa shape index (κ2) is 8.27. The van der Waals surface area contributed by atoms with Gasteiger partial charge in [-0.3, -0.25) is 9.78 Å². The monoisotopic (exact) mass is 380 g/mol. The summed E-state index contributed by atoms with van der Waals surface area (Å²) < 4.78 is 16.5. The highest BCUT2D eigenvalue weighted by molar-refractivity contribution is 6.15. The largest absolute Gasteiger partial charge is 0.493 e. The number of rotatable bonds is 7. The molecule has 2 aromatic carbocycles. The maximum absolute atomic E-state index is 13.2. The van der Waals surface area contributed by atoms with Gasteiger partial charge in [-0.2, -0.15) is 0 Å². The van der Waals surface area contributed by atoms with Crippen molar-refractivity contribution >= 4 is 16.6 Å².